The first-order valence-corrected chi connectivity index (χ1v) is 9.90. The van der Waals surface area contributed by atoms with Gasteiger partial charge in [-0.3, -0.25) is 0 Å². The van der Waals surface area contributed by atoms with Gasteiger partial charge < -0.3 is 0 Å². The molecule has 115 valence electrons. The van der Waals surface area contributed by atoms with Crippen LogP contribution in [0.5, 0.6) is 0 Å². The molecule has 0 saturated carbocycles. The van der Waals surface area contributed by atoms with E-state index in [1.54, 1.807) is 0 Å². The van der Waals surface area contributed by atoms with Crippen molar-refractivity contribution in [1.29, 1.82) is 0 Å². The molecule has 0 unspecified atom stereocenters. The minimum Gasteiger partial charge on any atom is -0.157 e. The van der Waals surface area contributed by atoms with E-state index in [4.69, 9.17) is 0 Å². The maximum absolute atomic E-state index is 2.43. The van der Waals surface area contributed by atoms with Gasteiger partial charge in [-0.1, -0.05) is 90.9 Å². The number of hydrogen-bond donors (Lipinski definition) is 0. The van der Waals surface area contributed by atoms with Crippen LogP contribution in [-0.4, -0.2) is 5.75 Å². The standard InChI is InChI=1S/C18H37S/c1-3-5-7-8-9-10-11-12-13-14-15-16-18-19-17-6-4-2/h18H,3-17H2,1-2H3. The molecule has 0 aromatic carbocycles. The van der Waals surface area contributed by atoms with Gasteiger partial charge in [0.25, 0.3) is 0 Å². The zero-order chi connectivity index (χ0) is 14.0. The average Bonchev–Trinajstić information content (AvgIpc) is 2.43. The van der Waals surface area contributed by atoms with Crippen LogP contribution in [0.15, 0.2) is 0 Å². The first kappa shape index (κ1) is 19.4. The Balaban J connectivity index is 2.88. The Bertz CT molecular complexity index is 129. The minimum atomic E-state index is 1.32. The minimum absolute atomic E-state index is 1.32. The largest absolute Gasteiger partial charge is 0.157 e. The van der Waals surface area contributed by atoms with Gasteiger partial charge >= 0.3 is 0 Å². The van der Waals surface area contributed by atoms with Crippen LogP contribution in [0.2, 0.25) is 0 Å². The van der Waals surface area contributed by atoms with Crippen molar-refractivity contribution in [3.05, 3.63) is 5.75 Å². The van der Waals surface area contributed by atoms with Gasteiger partial charge in [0.2, 0.25) is 0 Å². The van der Waals surface area contributed by atoms with Gasteiger partial charge in [0, 0.05) is 5.75 Å². The monoisotopic (exact) mass is 285 g/mol. The van der Waals surface area contributed by atoms with Crippen LogP contribution >= 0.6 is 11.8 Å². The summed E-state index contributed by atoms with van der Waals surface area (Å²) in [4.78, 5) is 0. The molecule has 0 nitrogen and oxygen atoms in total. The lowest BCUT2D eigenvalue weighted by Gasteiger charge is -2.03. The fourth-order valence-corrected chi connectivity index (χ4v) is 3.24. The SMILES string of the molecule is CCCCCCCCCCCCC[CH]SCCCC. The predicted molar refractivity (Wildman–Crippen MR) is 92.7 cm³/mol. The van der Waals surface area contributed by atoms with Gasteiger partial charge in [0.1, 0.15) is 0 Å². The molecule has 0 saturated heterocycles. The summed E-state index contributed by atoms with van der Waals surface area (Å²) >= 11 is 2.03. The van der Waals surface area contributed by atoms with E-state index >= 15 is 0 Å². The summed E-state index contributed by atoms with van der Waals surface area (Å²) in [7, 11) is 0. The van der Waals surface area contributed by atoms with Crippen molar-refractivity contribution in [2.45, 2.75) is 104 Å². The summed E-state index contributed by atoms with van der Waals surface area (Å²) < 4.78 is 0. The Morgan fingerprint density at radius 1 is 0.579 bits per heavy atom. The number of thioether (sulfide) groups is 1. The molecule has 0 aliphatic carbocycles. The zero-order valence-electron chi connectivity index (χ0n) is 13.6. The highest BCUT2D eigenvalue weighted by Gasteiger charge is 1.94. The molecule has 0 aromatic rings. The van der Waals surface area contributed by atoms with E-state index < -0.39 is 0 Å². The fourth-order valence-electron chi connectivity index (χ4n) is 2.29. The molecule has 19 heavy (non-hydrogen) atoms. The van der Waals surface area contributed by atoms with E-state index in [0.29, 0.717) is 0 Å². The van der Waals surface area contributed by atoms with E-state index in [2.05, 4.69) is 19.6 Å². The van der Waals surface area contributed by atoms with E-state index in [0.717, 1.165) is 0 Å². The van der Waals surface area contributed by atoms with Crippen LogP contribution in [0.1, 0.15) is 104 Å². The Hall–Kier alpha value is 0.350. The Labute approximate surface area is 127 Å². The van der Waals surface area contributed by atoms with Gasteiger partial charge in [0.05, 0.1) is 0 Å². The number of hydrogen-bond acceptors (Lipinski definition) is 1. The fraction of sp³-hybridized carbons (Fsp3) is 0.944. The molecule has 0 rings (SSSR count). The van der Waals surface area contributed by atoms with Gasteiger partial charge in [-0.15, -0.1) is 0 Å². The topological polar surface area (TPSA) is 0 Å². The molecular formula is C18H37S. The first-order valence-electron chi connectivity index (χ1n) is 8.85. The van der Waals surface area contributed by atoms with E-state index in [1.807, 2.05) is 11.8 Å². The van der Waals surface area contributed by atoms with Gasteiger partial charge in [-0.05, 0) is 18.6 Å². The molecule has 0 bridgehead atoms. The number of unbranched alkanes of at least 4 members (excludes halogenated alkanes) is 12. The average molecular weight is 286 g/mol. The second kappa shape index (κ2) is 18.4. The second-order valence-electron chi connectivity index (χ2n) is 5.72. The lowest BCUT2D eigenvalue weighted by atomic mass is 10.1. The molecule has 0 heterocycles. The summed E-state index contributed by atoms with van der Waals surface area (Å²) in [5, 5.41) is 0. The Morgan fingerprint density at radius 3 is 1.58 bits per heavy atom. The van der Waals surface area contributed by atoms with Gasteiger partial charge in [-0.2, -0.15) is 11.8 Å². The maximum Gasteiger partial charge on any atom is 0.0166 e. The molecule has 0 spiro atoms. The van der Waals surface area contributed by atoms with Crippen molar-refractivity contribution in [2.24, 2.45) is 0 Å². The third-order valence-electron chi connectivity index (χ3n) is 3.66. The second-order valence-corrected chi connectivity index (χ2v) is 6.79. The molecule has 0 aliphatic rings. The summed E-state index contributed by atoms with van der Waals surface area (Å²) in [5.74, 6) is 3.76. The highest BCUT2D eigenvalue weighted by molar-refractivity contribution is 8.01. The van der Waals surface area contributed by atoms with Crippen LogP contribution < -0.4 is 0 Å². The van der Waals surface area contributed by atoms with Gasteiger partial charge in [0.15, 0.2) is 0 Å². The van der Waals surface area contributed by atoms with Crippen molar-refractivity contribution >= 4 is 11.8 Å². The lowest BCUT2D eigenvalue weighted by molar-refractivity contribution is 0.550. The maximum atomic E-state index is 2.43. The molecule has 0 N–H and O–H groups in total. The Kier molecular flexibility index (Phi) is 18.7. The normalized spacial score (nSPS) is 11.1. The molecule has 0 aromatic heterocycles. The van der Waals surface area contributed by atoms with Crippen LogP contribution in [0.4, 0.5) is 0 Å². The highest BCUT2D eigenvalue weighted by Crippen LogP contribution is 2.16. The van der Waals surface area contributed by atoms with E-state index in [9.17, 15) is 0 Å². The van der Waals surface area contributed by atoms with E-state index in [1.165, 1.54) is 95.6 Å². The van der Waals surface area contributed by atoms with Crippen molar-refractivity contribution in [3.8, 4) is 0 Å². The molecule has 0 amide bonds. The van der Waals surface area contributed by atoms with Crippen molar-refractivity contribution in [2.75, 3.05) is 5.75 Å². The van der Waals surface area contributed by atoms with Crippen LogP contribution in [0, 0.1) is 5.75 Å². The third-order valence-corrected chi connectivity index (χ3v) is 4.65. The summed E-state index contributed by atoms with van der Waals surface area (Å²) in [6, 6.07) is 0. The molecule has 1 heteroatoms. The molecule has 1 radical (unpaired) electrons. The van der Waals surface area contributed by atoms with Crippen molar-refractivity contribution < 1.29 is 0 Å². The molecular weight excluding hydrogens is 248 g/mol. The van der Waals surface area contributed by atoms with E-state index in [-0.39, 0.29) is 0 Å². The zero-order valence-corrected chi connectivity index (χ0v) is 14.4. The molecule has 0 aliphatic heterocycles. The lowest BCUT2D eigenvalue weighted by Crippen LogP contribution is -1.83. The molecule has 0 atom stereocenters. The summed E-state index contributed by atoms with van der Waals surface area (Å²) in [6.45, 7) is 4.56. The van der Waals surface area contributed by atoms with Gasteiger partial charge in [-0.25, -0.2) is 0 Å². The summed E-state index contributed by atoms with van der Waals surface area (Å²) in [5.41, 5.74) is 0. The summed E-state index contributed by atoms with van der Waals surface area (Å²) in [6.07, 6.45) is 20.0. The molecule has 0 fully saturated rings. The smallest absolute Gasteiger partial charge is 0.0166 e. The van der Waals surface area contributed by atoms with Crippen LogP contribution in [-0.2, 0) is 0 Å². The Morgan fingerprint density at radius 2 is 1.05 bits per heavy atom. The van der Waals surface area contributed by atoms with Crippen LogP contribution in [0.25, 0.3) is 0 Å². The number of rotatable bonds is 16. The predicted octanol–water partition coefficient (Wildman–Crippen LogP) is 7.38. The van der Waals surface area contributed by atoms with Crippen molar-refractivity contribution in [1.82, 2.24) is 0 Å². The highest BCUT2D eigenvalue weighted by atomic mass is 32.2. The quantitative estimate of drug-likeness (QED) is 0.266. The van der Waals surface area contributed by atoms with Crippen molar-refractivity contribution in [3.63, 3.8) is 0 Å². The van der Waals surface area contributed by atoms with Crippen LogP contribution in [0.3, 0.4) is 0 Å². The first-order chi connectivity index (χ1) is 9.41. The third kappa shape index (κ3) is 18.4.